The highest BCUT2D eigenvalue weighted by Gasteiger charge is 2.12. The predicted molar refractivity (Wildman–Crippen MR) is 64.6 cm³/mol. The van der Waals surface area contributed by atoms with Crippen molar-refractivity contribution in [2.75, 3.05) is 7.11 Å². The van der Waals surface area contributed by atoms with Gasteiger partial charge in [-0.05, 0) is 13.0 Å². The Hall–Kier alpha value is -2.57. The molecule has 0 radical (unpaired) electrons. The Labute approximate surface area is 108 Å². The van der Waals surface area contributed by atoms with E-state index in [9.17, 15) is 9.59 Å². The second kappa shape index (κ2) is 4.97. The van der Waals surface area contributed by atoms with Crippen LogP contribution in [0.2, 0.25) is 0 Å². The van der Waals surface area contributed by atoms with Gasteiger partial charge in [-0.2, -0.15) is 0 Å². The molecule has 2 aromatic rings. The molecule has 2 aromatic heterocycles. The summed E-state index contributed by atoms with van der Waals surface area (Å²) in [4.78, 5) is 26.7. The van der Waals surface area contributed by atoms with Crippen molar-refractivity contribution in [3.63, 3.8) is 0 Å². The van der Waals surface area contributed by atoms with Gasteiger partial charge in [-0.25, -0.2) is 9.78 Å². The Morgan fingerprint density at radius 2 is 2.26 bits per heavy atom. The summed E-state index contributed by atoms with van der Waals surface area (Å²) in [5, 5.41) is 8.79. The van der Waals surface area contributed by atoms with Gasteiger partial charge in [0.15, 0.2) is 0 Å². The summed E-state index contributed by atoms with van der Waals surface area (Å²) >= 11 is 0. The van der Waals surface area contributed by atoms with Crippen molar-refractivity contribution in [1.82, 2.24) is 9.55 Å². The van der Waals surface area contributed by atoms with E-state index in [4.69, 9.17) is 14.3 Å². The second-order valence-electron chi connectivity index (χ2n) is 3.92. The largest absolute Gasteiger partial charge is 0.478 e. The molecule has 7 nitrogen and oxygen atoms in total. The van der Waals surface area contributed by atoms with Crippen molar-refractivity contribution in [2.24, 2.45) is 0 Å². The van der Waals surface area contributed by atoms with Crippen LogP contribution in [0.15, 0.2) is 27.6 Å². The van der Waals surface area contributed by atoms with Crippen LogP contribution in [0.3, 0.4) is 0 Å². The van der Waals surface area contributed by atoms with Gasteiger partial charge in [-0.3, -0.25) is 9.36 Å². The Bertz CT molecular complexity index is 671. The maximum atomic E-state index is 11.8. The minimum atomic E-state index is -1.09. The van der Waals surface area contributed by atoms with Crippen LogP contribution in [-0.2, 0) is 6.54 Å². The summed E-state index contributed by atoms with van der Waals surface area (Å²) in [7, 11) is 1.41. The maximum Gasteiger partial charge on any atom is 0.338 e. The molecule has 0 atom stereocenters. The Morgan fingerprint density at radius 3 is 2.84 bits per heavy atom. The highest BCUT2D eigenvalue weighted by atomic mass is 16.5. The van der Waals surface area contributed by atoms with Crippen LogP contribution in [0.1, 0.15) is 21.8 Å². The lowest BCUT2D eigenvalue weighted by molar-refractivity contribution is 0.0696. The molecule has 100 valence electrons. The van der Waals surface area contributed by atoms with Gasteiger partial charge in [0, 0.05) is 11.8 Å². The number of carboxylic acid groups (broad SMARTS) is 1. The van der Waals surface area contributed by atoms with Gasteiger partial charge < -0.3 is 14.3 Å². The zero-order valence-electron chi connectivity index (χ0n) is 10.4. The van der Waals surface area contributed by atoms with Gasteiger partial charge in [0.2, 0.25) is 0 Å². The van der Waals surface area contributed by atoms with Crippen molar-refractivity contribution in [3.8, 4) is 6.01 Å². The molecule has 1 N–H and O–H groups in total. The summed E-state index contributed by atoms with van der Waals surface area (Å²) in [5.41, 5.74) is 0.281. The molecule has 0 saturated heterocycles. The molecular weight excluding hydrogens is 252 g/mol. The maximum absolute atomic E-state index is 11.8. The van der Waals surface area contributed by atoms with Crippen molar-refractivity contribution in [2.45, 2.75) is 13.5 Å². The van der Waals surface area contributed by atoms with E-state index in [-0.39, 0.29) is 23.7 Å². The lowest BCUT2D eigenvalue weighted by Crippen LogP contribution is -2.23. The van der Waals surface area contributed by atoms with Crippen molar-refractivity contribution in [1.29, 1.82) is 0 Å². The van der Waals surface area contributed by atoms with E-state index in [0.29, 0.717) is 11.5 Å². The van der Waals surface area contributed by atoms with E-state index in [0.717, 1.165) is 6.26 Å². The summed E-state index contributed by atoms with van der Waals surface area (Å²) in [6.07, 6.45) is 1.12. The average Bonchev–Trinajstić information content (AvgIpc) is 2.81. The van der Waals surface area contributed by atoms with E-state index < -0.39 is 5.97 Å². The van der Waals surface area contributed by atoms with Crippen LogP contribution in [0.25, 0.3) is 0 Å². The van der Waals surface area contributed by atoms with Gasteiger partial charge in [-0.15, -0.1) is 0 Å². The van der Waals surface area contributed by atoms with Crippen LogP contribution < -0.4 is 10.3 Å². The Balaban J connectivity index is 2.37. The van der Waals surface area contributed by atoms with Crippen molar-refractivity contribution >= 4 is 5.97 Å². The first-order valence-corrected chi connectivity index (χ1v) is 5.44. The number of aromatic nitrogens is 2. The summed E-state index contributed by atoms with van der Waals surface area (Å²) in [6.45, 7) is 1.74. The molecule has 2 rings (SSSR count). The molecule has 19 heavy (non-hydrogen) atoms. The van der Waals surface area contributed by atoms with Crippen LogP contribution in [0.4, 0.5) is 0 Å². The van der Waals surface area contributed by atoms with Crippen LogP contribution in [-0.4, -0.2) is 27.7 Å². The number of rotatable bonds is 4. The third kappa shape index (κ3) is 2.65. The molecule has 0 spiro atoms. The quantitative estimate of drug-likeness (QED) is 0.881. The molecule has 0 aliphatic rings. The number of carboxylic acids is 1. The standard InChI is InChI=1S/C12H12N2O5/c1-7-3-10(15)14(12(13-7)18-2)5-9-4-8(6-19-9)11(16)17/h3-4,6H,5H2,1-2H3,(H,16,17). The summed E-state index contributed by atoms with van der Waals surface area (Å²) in [5.74, 6) is -0.750. The number of aromatic carboxylic acids is 1. The monoisotopic (exact) mass is 264 g/mol. The summed E-state index contributed by atoms with van der Waals surface area (Å²) < 4.78 is 11.4. The van der Waals surface area contributed by atoms with Gasteiger partial charge >= 0.3 is 5.97 Å². The first kappa shape index (κ1) is 12.9. The van der Waals surface area contributed by atoms with E-state index >= 15 is 0 Å². The number of furan rings is 1. The summed E-state index contributed by atoms with van der Waals surface area (Å²) in [6, 6.07) is 2.87. The SMILES string of the molecule is COc1nc(C)cc(=O)n1Cc1cc(C(=O)O)co1. The normalized spacial score (nSPS) is 10.4. The number of methoxy groups -OCH3 is 1. The van der Waals surface area contributed by atoms with E-state index in [1.165, 1.54) is 23.8 Å². The number of hydrogen-bond donors (Lipinski definition) is 1. The van der Waals surface area contributed by atoms with E-state index in [1.807, 2.05) is 0 Å². The van der Waals surface area contributed by atoms with Crippen molar-refractivity contribution < 1.29 is 19.1 Å². The zero-order chi connectivity index (χ0) is 14.0. The molecular formula is C12H12N2O5. The third-order valence-corrected chi connectivity index (χ3v) is 2.50. The number of nitrogens with zero attached hydrogens (tertiary/aromatic N) is 2. The molecule has 0 aliphatic heterocycles. The van der Waals surface area contributed by atoms with E-state index in [2.05, 4.69) is 4.98 Å². The smallest absolute Gasteiger partial charge is 0.338 e. The van der Waals surface area contributed by atoms with Gasteiger partial charge in [-0.1, -0.05) is 0 Å². The highest BCUT2D eigenvalue weighted by Crippen LogP contribution is 2.12. The topological polar surface area (TPSA) is 94.6 Å². The predicted octanol–water partition coefficient (Wildman–Crippen LogP) is 0.900. The molecule has 2 heterocycles. The first-order valence-electron chi connectivity index (χ1n) is 5.44. The Morgan fingerprint density at radius 1 is 1.53 bits per heavy atom. The zero-order valence-corrected chi connectivity index (χ0v) is 10.4. The van der Waals surface area contributed by atoms with Crippen LogP contribution >= 0.6 is 0 Å². The minimum absolute atomic E-state index is 0.0297. The van der Waals surface area contributed by atoms with Gasteiger partial charge in [0.25, 0.3) is 11.6 Å². The molecule has 0 amide bonds. The molecule has 0 unspecified atom stereocenters. The second-order valence-corrected chi connectivity index (χ2v) is 3.92. The van der Waals surface area contributed by atoms with Crippen LogP contribution in [0, 0.1) is 6.92 Å². The molecule has 0 saturated carbocycles. The number of ether oxygens (including phenoxy) is 1. The molecule has 7 heteroatoms. The number of aryl methyl sites for hydroxylation is 1. The third-order valence-electron chi connectivity index (χ3n) is 2.50. The lowest BCUT2D eigenvalue weighted by atomic mass is 10.3. The van der Waals surface area contributed by atoms with Gasteiger partial charge in [0.05, 0.1) is 19.2 Å². The molecule has 0 fully saturated rings. The fraction of sp³-hybridized carbons (Fsp3) is 0.250. The highest BCUT2D eigenvalue weighted by molar-refractivity contribution is 5.87. The molecule has 0 aliphatic carbocycles. The van der Waals surface area contributed by atoms with E-state index in [1.54, 1.807) is 6.92 Å². The molecule has 0 aromatic carbocycles. The van der Waals surface area contributed by atoms with Crippen molar-refractivity contribution in [3.05, 3.63) is 45.8 Å². The van der Waals surface area contributed by atoms with Crippen LogP contribution in [0.5, 0.6) is 6.01 Å². The average molecular weight is 264 g/mol. The Kier molecular flexibility index (Phi) is 3.37. The molecule has 0 bridgehead atoms. The minimum Gasteiger partial charge on any atom is -0.478 e. The number of hydrogen-bond acceptors (Lipinski definition) is 5. The lowest BCUT2D eigenvalue weighted by Gasteiger charge is -2.09. The fourth-order valence-corrected chi connectivity index (χ4v) is 1.63. The number of carbonyl (C=O) groups is 1. The van der Waals surface area contributed by atoms with Gasteiger partial charge in [0.1, 0.15) is 12.0 Å². The fourth-order valence-electron chi connectivity index (χ4n) is 1.63. The first-order chi connectivity index (χ1) is 9.01.